The minimum atomic E-state index is -0.359. The van der Waals surface area contributed by atoms with Crippen LogP contribution in [-0.4, -0.2) is 32.5 Å². The highest BCUT2D eigenvalue weighted by atomic mass is 32.2. The molecule has 1 unspecified atom stereocenters. The van der Waals surface area contributed by atoms with Crippen molar-refractivity contribution in [2.45, 2.75) is 23.4 Å². The lowest BCUT2D eigenvalue weighted by Gasteiger charge is -2.14. The molecule has 1 aromatic carbocycles. The molecule has 18 heavy (non-hydrogen) atoms. The van der Waals surface area contributed by atoms with E-state index in [2.05, 4.69) is 4.74 Å². The number of carbonyl (C=O) groups excluding carboxylic acids is 1. The van der Waals surface area contributed by atoms with Crippen molar-refractivity contribution in [2.75, 3.05) is 21.3 Å². The summed E-state index contributed by atoms with van der Waals surface area (Å²) in [5.41, 5.74) is 0.940. The van der Waals surface area contributed by atoms with Gasteiger partial charge in [0.25, 0.3) is 0 Å². The molecule has 100 valence electrons. The van der Waals surface area contributed by atoms with Gasteiger partial charge in [0.15, 0.2) is 6.29 Å². The van der Waals surface area contributed by atoms with Crippen LogP contribution in [0.25, 0.3) is 0 Å². The van der Waals surface area contributed by atoms with Gasteiger partial charge in [0.2, 0.25) is 0 Å². The standard InChI is InChI=1S/C13H18O4S/c1-9(12(14)15-2)18-11-7-5-10(6-8-11)13(16-3)17-4/h5-9,13H,1-4H3. The Kier molecular flexibility index (Phi) is 6.18. The van der Waals surface area contributed by atoms with Gasteiger partial charge in [0.05, 0.1) is 7.11 Å². The fourth-order valence-electron chi connectivity index (χ4n) is 1.49. The van der Waals surface area contributed by atoms with E-state index in [4.69, 9.17) is 9.47 Å². The van der Waals surface area contributed by atoms with Gasteiger partial charge in [0.1, 0.15) is 5.25 Å². The van der Waals surface area contributed by atoms with Gasteiger partial charge in [-0.15, -0.1) is 11.8 Å². The van der Waals surface area contributed by atoms with Crippen LogP contribution in [0, 0.1) is 0 Å². The highest BCUT2D eigenvalue weighted by Crippen LogP contribution is 2.26. The number of thioether (sulfide) groups is 1. The molecule has 0 fully saturated rings. The SMILES string of the molecule is COC(=O)C(C)Sc1ccc(C(OC)OC)cc1. The number of benzene rings is 1. The highest BCUT2D eigenvalue weighted by Gasteiger charge is 2.15. The topological polar surface area (TPSA) is 44.8 Å². The monoisotopic (exact) mass is 270 g/mol. The number of carbonyl (C=O) groups is 1. The smallest absolute Gasteiger partial charge is 0.318 e. The van der Waals surface area contributed by atoms with E-state index in [1.165, 1.54) is 18.9 Å². The predicted molar refractivity (Wildman–Crippen MR) is 70.5 cm³/mol. The molecule has 0 saturated heterocycles. The van der Waals surface area contributed by atoms with Crippen LogP contribution in [0.3, 0.4) is 0 Å². The maximum Gasteiger partial charge on any atom is 0.318 e. The lowest BCUT2D eigenvalue weighted by molar-refractivity contribution is -0.139. The maximum absolute atomic E-state index is 11.3. The Morgan fingerprint density at radius 3 is 2.11 bits per heavy atom. The van der Waals surface area contributed by atoms with Gasteiger partial charge < -0.3 is 14.2 Å². The molecule has 4 nitrogen and oxygen atoms in total. The molecule has 0 aliphatic heterocycles. The quantitative estimate of drug-likeness (QED) is 0.452. The third-order valence-electron chi connectivity index (χ3n) is 2.43. The lowest BCUT2D eigenvalue weighted by atomic mass is 10.2. The van der Waals surface area contributed by atoms with Gasteiger partial charge >= 0.3 is 5.97 Å². The molecule has 0 saturated carbocycles. The number of ether oxygens (including phenoxy) is 3. The van der Waals surface area contributed by atoms with Gasteiger partial charge in [-0.1, -0.05) is 12.1 Å². The zero-order valence-electron chi connectivity index (χ0n) is 11.0. The summed E-state index contributed by atoms with van der Waals surface area (Å²) in [4.78, 5) is 12.3. The van der Waals surface area contributed by atoms with E-state index in [1.807, 2.05) is 31.2 Å². The summed E-state index contributed by atoms with van der Waals surface area (Å²) in [5.74, 6) is -0.226. The molecular weight excluding hydrogens is 252 g/mol. The second-order valence-corrected chi connectivity index (χ2v) is 5.07. The van der Waals surface area contributed by atoms with Crippen LogP contribution in [0.2, 0.25) is 0 Å². The number of hydrogen-bond acceptors (Lipinski definition) is 5. The first kappa shape index (κ1) is 15.0. The molecule has 0 radical (unpaired) electrons. The van der Waals surface area contributed by atoms with Crippen LogP contribution >= 0.6 is 11.8 Å². The summed E-state index contributed by atoms with van der Waals surface area (Å²) in [6.07, 6.45) is -0.359. The van der Waals surface area contributed by atoms with E-state index in [9.17, 15) is 4.79 Å². The molecule has 1 atom stereocenters. The Morgan fingerprint density at radius 1 is 1.11 bits per heavy atom. The highest BCUT2D eigenvalue weighted by molar-refractivity contribution is 8.00. The molecule has 0 amide bonds. The van der Waals surface area contributed by atoms with Crippen molar-refractivity contribution in [3.63, 3.8) is 0 Å². The van der Waals surface area contributed by atoms with Crippen LogP contribution in [0.5, 0.6) is 0 Å². The third-order valence-corrected chi connectivity index (χ3v) is 3.52. The summed E-state index contributed by atoms with van der Waals surface area (Å²) in [7, 11) is 4.58. The average molecular weight is 270 g/mol. The van der Waals surface area contributed by atoms with Crippen molar-refractivity contribution < 1.29 is 19.0 Å². The second kappa shape index (κ2) is 7.41. The first-order valence-corrected chi connectivity index (χ1v) is 6.40. The molecule has 1 rings (SSSR count). The summed E-state index contributed by atoms with van der Waals surface area (Å²) in [5, 5.41) is -0.221. The van der Waals surface area contributed by atoms with Crippen molar-refractivity contribution in [1.29, 1.82) is 0 Å². The first-order chi connectivity index (χ1) is 8.62. The van der Waals surface area contributed by atoms with Crippen molar-refractivity contribution in [2.24, 2.45) is 0 Å². The minimum absolute atomic E-state index is 0.221. The summed E-state index contributed by atoms with van der Waals surface area (Å²) in [6, 6.07) is 7.71. The van der Waals surface area contributed by atoms with E-state index in [-0.39, 0.29) is 17.5 Å². The van der Waals surface area contributed by atoms with Crippen LogP contribution in [0.1, 0.15) is 18.8 Å². The molecule has 5 heteroatoms. The average Bonchev–Trinajstić information content (AvgIpc) is 2.41. The second-order valence-electron chi connectivity index (χ2n) is 3.66. The molecule has 0 N–H and O–H groups in total. The molecule has 0 spiro atoms. The van der Waals surface area contributed by atoms with Crippen molar-refractivity contribution >= 4 is 17.7 Å². The summed E-state index contributed by atoms with van der Waals surface area (Å²) >= 11 is 1.46. The zero-order valence-corrected chi connectivity index (χ0v) is 11.8. The predicted octanol–water partition coefficient (Wildman–Crippen LogP) is 2.63. The Balaban J connectivity index is 2.68. The van der Waals surface area contributed by atoms with E-state index in [1.54, 1.807) is 14.2 Å². The van der Waals surface area contributed by atoms with Gasteiger partial charge in [-0.25, -0.2) is 0 Å². The fraction of sp³-hybridized carbons (Fsp3) is 0.462. The Hall–Kier alpha value is -1.04. The van der Waals surface area contributed by atoms with Crippen molar-refractivity contribution in [3.8, 4) is 0 Å². The van der Waals surface area contributed by atoms with Crippen LogP contribution in [-0.2, 0) is 19.0 Å². The number of methoxy groups -OCH3 is 3. The first-order valence-electron chi connectivity index (χ1n) is 5.52. The normalized spacial score (nSPS) is 12.5. The third kappa shape index (κ3) is 4.01. The molecule has 0 aliphatic carbocycles. The summed E-state index contributed by atoms with van der Waals surface area (Å²) < 4.78 is 15.0. The Labute approximate surface area is 112 Å². The van der Waals surface area contributed by atoms with E-state index < -0.39 is 0 Å². The molecular formula is C13H18O4S. The fourth-order valence-corrected chi connectivity index (χ4v) is 2.38. The van der Waals surface area contributed by atoms with Gasteiger partial charge in [-0.3, -0.25) is 4.79 Å². The molecule has 0 aliphatic rings. The molecule has 0 bridgehead atoms. The Bertz CT molecular complexity index is 373. The van der Waals surface area contributed by atoms with Crippen molar-refractivity contribution in [3.05, 3.63) is 29.8 Å². The zero-order chi connectivity index (χ0) is 13.5. The Morgan fingerprint density at radius 2 is 1.67 bits per heavy atom. The van der Waals surface area contributed by atoms with Crippen molar-refractivity contribution in [1.82, 2.24) is 0 Å². The van der Waals surface area contributed by atoms with Crippen LogP contribution < -0.4 is 0 Å². The lowest BCUT2D eigenvalue weighted by Crippen LogP contribution is -2.14. The van der Waals surface area contributed by atoms with E-state index in [0.717, 1.165) is 10.5 Å². The van der Waals surface area contributed by atoms with E-state index in [0.29, 0.717) is 0 Å². The number of esters is 1. The molecule has 0 heterocycles. The largest absolute Gasteiger partial charge is 0.468 e. The van der Waals surface area contributed by atoms with E-state index >= 15 is 0 Å². The number of hydrogen-bond donors (Lipinski definition) is 0. The minimum Gasteiger partial charge on any atom is -0.468 e. The van der Waals surface area contributed by atoms with Crippen LogP contribution in [0.15, 0.2) is 29.2 Å². The number of rotatable bonds is 6. The van der Waals surface area contributed by atoms with Gasteiger partial charge in [-0.2, -0.15) is 0 Å². The molecule has 0 aromatic heterocycles. The van der Waals surface area contributed by atoms with Crippen LogP contribution in [0.4, 0.5) is 0 Å². The maximum atomic E-state index is 11.3. The molecule has 1 aromatic rings. The van der Waals surface area contributed by atoms with Gasteiger partial charge in [0, 0.05) is 24.7 Å². The summed E-state index contributed by atoms with van der Waals surface area (Å²) in [6.45, 7) is 1.82. The van der Waals surface area contributed by atoms with Gasteiger partial charge in [-0.05, 0) is 19.1 Å².